The van der Waals surface area contributed by atoms with E-state index in [0.717, 1.165) is 70.5 Å². The third kappa shape index (κ3) is 10.8. The number of benzene rings is 4. The topological polar surface area (TPSA) is 193 Å². The fourth-order valence-corrected chi connectivity index (χ4v) is 9.07. The molecular weight excluding hydrogens is 865 g/mol. The number of rotatable bonds is 19. The van der Waals surface area contributed by atoms with Gasteiger partial charge in [0, 0.05) is 63.4 Å². The zero-order valence-corrected chi connectivity index (χ0v) is 38.8. The lowest BCUT2D eigenvalue weighted by Gasteiger charge is -2.28. The van der Waals surface area contributed by atoms with Crippen molar-refractivity contribution < 1.29 is 38.1 Å². The number of imidazole rings is 2. The van der Waals surface area contributed by atoms with Crippen molar-refractivity contribution in [2.75, 3.05) is 53.7 Å². The number of hydrogen-bond acceptors (Lipinski definition) is 10. The molecule has 0 radical (unpaired) electrons. The van der Waals surface area contributed by atoms with Crippen LogP contribution in [0.5, 0.6) is 11.5 Å². The quantitative estimate of drug-likeness (QED) is 0.0601. The van der Waals surface area contributed by atoms with Crippen molar-refractivity contribution in [1.29, 1.82) is 0 Å². The van der Waals surface area contributed by atoms with E-state index in [9.17, 15) is 19.2 Å². The van der Waals surface area contributed by atoms with Crippen LogP contribution >= 0.6 is 0 Å². The predicted molar refractivity (Wildman–Crippen MR) is 255 cm³/mol. The highest BCUT2D eigenvalue weighted by Crippen LogP contribution is 2.42. The fraction of sp³-hybridized carbons (Fsp3) is 0.346. The lowest BCUT2D eigenvalue weighted by atomic mass is 9.98. The second kappa shape index (κ2) is 22.0. The zero-order chi connectivity index (χ0) is 47.6. The number of aromatic nitrogens is 4. The summed E-state index contributed by atoms with van der Waals surface area (Å²) in [5.41, 5.74) is 6.17. The molecule has 0 aliphatic carbocycles. The average molecular weight is 923 g/mol. The van der Waals surface area contributed by atoms with Gasteiger partial charge in [0.25, 0.3) is 0 Å². The van der Waals surface area contributed by atoms with Crippen molar-refractivity contribution in [2.45, 2.75) is 63.7 Å². The van der Waals surface area contributed by atoms with Crippen LogP contribution in [0.2, 0.25) is 0 Å². The van der Waals surface area contributed by atoms with Crippen LogP contribution in [0, 0.1) is 0 Å². The van der Waals surface area contributed by atoms with Crippen LogP contribution in [0.25, 0.3) is 33.6 Å². The molecule has 6 aromatic rings. The molecule has 4 amide bonds. The van der Waals surface area contributed by atoms with E-state index < -0.39 is 12.1 Å². The Balaban J connectivity index is 1.06. The molecule has 4 N–H and O–H groups in total. The highest BCUT2D eigenvalue weighted by Gasteiger charge is 2.38. The van der Waals surface area contributed by atoms with E-state index in [1.165, 1.54) is 13.8 Å². The van der Waals surface area contributed by atoms with Gasteiger partial charge in [-0.25, -0.2) is 9.97 Å². The van der Waals surface area contributed by atoms with E-state index in [2.05, 4.69) is 20.6 Å². The monoisotopic (exact) mass is 922 g/mol. The zero-order valence-electron chi connectivity index (χ0n) is 38.8. The summed E-state index contributed by atoms with van der Waals surface area (Å²) in [5.74, 6) is 1.58. The van der Waals surface area contributed by atoms with Crippen molar-refractivity contribution >= 4 is 23.6 Å². The third-order valence-electron chi connectivity index (χ3n) is 12.3. The van der Waals surface area contributed by atoms with E-state index in [0.29, 0.717) is 62.7 Å². The van der Waals surface area contributed by atoms with Gasteiger partial charge in [0.05, 0.1) is 49.1 Å². The molecule has 4 aromatic carbocycles. The molecule has 4 heterocycles. The van der Waals surface area contributed by atoms with Crippen molar-refractivity contribution in [3.8, 4) is 45.1 Å². The Hall–Kier alpha value is -7.30. The van der Waals surface area contributed by atoms with Crippen molar-refractivity contribution in [1.82, 2.24) is 40.4 Å². The predicted octanol–water partition coefficient (Wildman–Crippen LogP) is 7.27. The van der Waals surface area contributed by atoms with Gasteiger partial charge in [-0.05, 0) is 61.1 Å². The Kier molecular flexibility index (Phi) is 15.3. The smallest absolute Gasteiger partial charge is 0.250 e. The molecule has 2 fully saturated rings. The van der Waals surface area contributed by atoms with Crippen molar-refractivity contribution in [3.63, 3.8) is 0 Å². The number of carbonyl (C=O) groups is 4. The molecule has 2 aliphatic rings. The lowest BCUT2D eigenvalue weighted by molar-refractivity contribution is -0.137. The Bertz CT molecular complexity index is 2500. The molecule has 2 aliphatic heterocycles. The van der Waals surface area contributed by atoms with Crippen LogP contribution in [0.3, 0.4) is 0 Å². The number of carbonyl (C=O) groups excluding carboxylic acids is 4. The van der Waals surface area contributed by atoms with Crippen LogP contribution in [-0.2, 0) is 28.7 Å². The average Bonchev–Trinajstić information content (AvgIpc) is 4.21. The Labute approximate surface area is 395 Å². The van der Waals surface area contributed by atoms with Gasteiger partial charge in [-0.2, -0.15) is 0 Å². The first-order valence-electron chi connectivity index (χ1n) is 23.0. The number of aromatic amines is 2. The number of ether oxygens (including phenoxy) is 4. The first kappa shape index (κ1) is 47.2. The minimum absolute atomic E-state index is 0.183. The molecule has 4 atom stereocenters. The van der Waals surface area contributed by atoms with Gasteiger partial charge < -0.3 is 49.3 Å². The largest absolute Gasteiger partial charge is 0.491 e. The standard InChI is InChI=1S/C52H58N8O8/c1-33(61)55-47(35-13-7-5-8-14-35)51(63)59-23-11-17-43(59)49-53-31-41(57-49)37-19-21-39(45(29-37)67-27-25-65-3)40-22-20-38(30-46(40)68-28-26-66-4)42-32-54-50(58-42)44-18-12-24-60(44)52(64)48(56-34(2)62)36-15-9-6-10-16-36/h5-10,13-16,19-22,29-32,43-44,47-48H,11-12,17-18,23-28H2,1-4H3,(H,53,57)(H,54,58)(H,55,61)(H,56,62). The molecular formula is C52H58N8O8. The number of amides is 4. The van der Waals surface area contributed by atoms with E-state index in [1.807, 2.05) is 97.1 Å². The number of nitrogens with zero attached hydrogens (tertiary/aromatic N) is 4. The minimum atomic E-state index is -0.811. The Morgan fingerprint density at radius 3 is 1.40 bits per heavy atom. The Morgan fingerprint density at radius 1 is 0.603 bits per heavy atom. The van der Waals surface area contributed by atoms with Gasteiger partial charge in [-0.15, -0.1) is 0 Å². The number of nitrogens with one attached hydrogen (secondary N) is 4. The van der Waals surface area contributed by atoms with Crippen molar-refractivity contribution in [2.24, 2.45) is 0 Å². The Morgan fingerprint density at radius 2 is 1.01 bits per heavy atom. The van der Waals surface area contributed by atoms with Crippen LogP contribution in [0.15, 0.2) is 109 Å². The summed E-state index contributed by atoms with van der Waals surface area (Å²) in [4.78, 5) is 72.7. The van der Waals surface area contributed by atoms with Gasteiger partial charge in [0.2, 0.25) is 23.6 Å². The molecule has 0 spiro atoms. The minimum Gasteiger partial charge on any atom is -0.491 e. The molecule has 68 heavy (non-hydrogen) atoms. The maximum atomic E-state index is 14.1. The van der Waals surface area contributed by atoms with Gasteiger partial charge in [-0.1, -0.05) is 72.8 Å². The number of hydrogen-bond donors (Lipinski definition) is 4. The number of likely N-dealkylation sites (tertiary alicyclic amines) is 2. The van der Waals surface area contributed by atoms with E-state index in [4.69, 9.17) is 28.9 Å². The first-order valence-corrected chi connectivity index (χ1v) is 23.0. The lowest BCUT2D eigenvalue weighted by Crippen LogP contribution is -2.42. The number of methoxy groups -OCH3 is 2. The summed E-state index contributed by atoms with van der Waals surface area (Å²) in [6.45, 7) is 5.25. The molecule has 354 valence electrons. The molecule has 2 saturated heterocycles. The van der Waals surface area contributed by atoms with Gasteiger partial charge in [-0.3, -0.25) is 19.2 Å². The molecule has 0 saturated carbocycles. The fourth-order valence-electron chi connectivity index (χ4n) is 9.07. The second-order valence-corrected chi connectivity index (χ2v) is 16.9. The van der Waals surface area contributed by atoms with Gasteiger partial charge in [0.15, 0.2) is 0 Å². The third-order valence-corrected chi connectivity index (χ3v) is 12.3. The summed E-state index contributed by atoms with van der Waals surface area (Å²) in [7, 11) is 3.25. The van der Waals surface area contributed by atoms with Crippen LogP contribution in [-0.4, -0.2) is 107 Å². The summed E-state index contributed by atoms with van der Waals surface area (Å²) < 4.78 is 23.5. The van der Waals surface area contributed by atoms with E-state index in [-0.39, 0.29) is 35.7 Å². The summed E-state index contributed by atoms with van der Waals surface area (Å²) in [6.07, 6.45) is 6.58. The molecule has 16 heteroatoms. The maximum absolute atomic E-state index is 14.1. The SMILES string of the molecule is COCCOc1cc(-c2cnc(C3CCCN3C(=O)C(NC(C)=O)c3ccccc3)[nH]2)ccc1-c1ccc(-c2cnc(C3CCCN3C(=O)C(NC(C)=O)c3ccccc3)[nH]2)cc1OCCOC. The normalized spacial score (nSPS) is 16.6. The number of H-pyrrole nitrogens is 2. The van der Waals surface area contributed by atoms with Crippen LogP contribution < -0.4 is 20.1 Å². The van der Waals surface area contributed by atoms with Crippen molar-refractivity contribution in [3.05, 3.63) is 132 Å². The first-order chi connectivity index (χ1) is 33.1. The van der Waals surface area contributed by atoms with Gasteiger partial charge in [0.1, 0.15) is 48.4 Å². The molecule has 2 aromatic heterocycles. The van der Waals surface area contributed by atoms with Crippen LogP contribution in [0.1, 0.15) is 86.5 Å². The molecule has 8 rings (SSSR count). The van der Waals surface area contributed by atoms with Gasteiger partial charge >= 0.3 is 0 Å². The molecule has 16 nitrogen and oxygen atoms in total. The van der Waals surface area contributed by atoms with Crippen LogP contribution in [0.4, 0.5) is 0 Å². The maximum Gasteiger partial charge on any atom is 0.250 e. The highest BCUT2D eigenvalue weighted by atomic mass is 16.5. The summed E-state index contributed by atoms with van der Waals surface area (Å²) in [6, 6.07) is 28.2. The van der Waals surface area contributed by atoms with E-state index >= 15 is 0 Å². The highest BCUT2D eigenvalue weighted by molar-refractivity contribution is 5.89. The molecule has 4 unspecified atom stereocenters. The summed E-state index contributed by atoms with van der Waals surface area (Å²) >= 11 is 0. The second-order valence-electron chi connectivity index (χ2n) is 16.9. The molecule has 0 bridgehead atoms. The van der Waals surface area contributed by atoms with E-state index in [1.54, 1.807) is 36.4 Å². The summed E-state index contributed by atoms with van der Waals surface area (Å²) in [5, 5.41) is 5.71.